The summed E-state index contributed by atoms with van der Waals surface area (Å²) in [5.74, 6) is 1.76. The van der Waals surface area contributed by atoms with Crippen molar-refractivity contribution in [3.05, 3.63) is 289 Å². The molecule has 0 bridgehead atoms. The monoisotopic (exact) mass is 924 g/mol. The Hall–Kier alpha value is -8.96. The molecule has 0 amide bonds. The molecule has 1 aromatic heterocycles. The SMILES string of the molecule is c1ccc(-c2ccc(N(c3ccc(-c4ccccc4)cc3)c3cc(N(c4ccccc4)c4ccc5c(c4)C4(c6ccccc6Oc6ccccc64)c4ccccc4-5)c4c(c3)sc3ccccc34)cc2)cc1. The Labute approximate surface area is 417 Å². The number of para-hydroxylation sites is 3. The second-order valence-electron chi connectivity index (χ2n) is 18.4. The number of thiophene rings is 1. The molecule has 2 aliphatic rings. The van der Waals surface area contributed by atoms with Crippen LogP contribution in [0.3, 0.4) is 0 Å². The van der Waals surface area contributed by atoms with Gasteiger partial charge < -0.3 is 14.5 Å². The molecule has 0 N–H and O–H groups in total. The lowest BCUT2D eigenvalue weighted by molar-refractivity contribution is 0.436. The summed E-state index contributed by atoms with van der Waals surface area (Å²) in [6.07, 6.45) is 0. The van der Waals surface area contributed by atoms with Crippen LogP contribution in [0.5, 0.6) is 11.5 Å². The Morgan fingerprint density at radius 3 is 1.42 bits per heavy atom. The lowest BCUT2D eigenvalue weighted by Crippen LogP contribution is -2.32. The van der Waals surface area contributed by atoms with Gasteiger partial charge in [0.2, 0.25) is 0 Å². The Morgan fingerprint density at radius 1 is 0.310 bits per heavy atom. The first-order valence-electron chi connectivity index (χ1n) is 24.2. The van der Waals surface area contributed by atoms with E-state index in [-0.39, 0.29) is 0 Å². The van der Waals surface area contributed by atoms with E-state index >= 15 is 0 Å². The van der Waals surface area contributed by atoms with Gasteiger partial charge in [0, 0.05) is 59.7 Å². The topological polar surface area (TPSA) is 15.7 Å². The van der Waals surface area contributed by atoms with E-state index in [0.29, 0.717) is 0 Å². The summed E-state index contributed by atoms with van der Waals surface area (Å²) in [7, 11) is 0. The van der Waals surface area contributed by atoms with Crippen LogP contribution in [0.1, 0.15) is 22.3 Å². The highest BCUT2D eigenvalue weighted by atomic mass is 32.1. The minimum atomic E-state index is -0.614. The second kappa shape index (κ2) is 16.6. The van der Waals surface area contributed by atoms with Crippen molar-refractivity contribution in [2.24, 2.45) is 0 Å². The summed E-state index contributed by atoms with van der Waals surface area (Å²) in [4.78, 5) is 4.92. The number of ether oxygens (including phenoxy) is 1. The van der Waals surface area contributed by atoms with Crippen molar-refractivity contribution in [3.63, 3.8) is 0 Å². The third-order valence-electron chi connectivity index (χ3n) is 14.5. The molecule has 0 saturated carbocycles. The van der Waals surface area contributed by atoms with Crippen LogP contribution in [0.15, 0.2) is 267 Å². The number of benzene rings is 11. The van der Waals surface area contributed by atoms with Crippen LogP contribution < -0.4 is 14.5 Å². The van der Waals surface area contributed by atoms with Crippen LogP contribution in [0, 0.1) is 0 Å². The van der Waals surface area contributed by atoms with E-state index in [1.165, 1.54) is 64.7 Å². The van der Waals surface area contributed by atoms with Crippen LogP contribution in [0.2, 0.25) is 0 Å². The quantitative estimate of drug-likeness (QED) is 0.151. The highest BCUT2D eigenvalue weighted by molar-refractivity contribution is 7.26. The predicted molar refractivity (Wildman–Crippen MR) is 297 cm³/mol. The molecule has 334 valence electrons. The first-order chi connectivity index (χ1) is 35.2. The smallest absolute Gasteiger partial charge is 0.132 e. The maximum atomic E-state index is 6.74. The largest absolute Gasteiger partial charge is 0.457 e. The van der Waals surface area contributed by atoms with Gasteiger partial charge in [-0.05, 0) is 123 Å². The van der Waals surface area contributed by atoms with Gasteiger partial charge >= 0.3 is 0 Å². The Morgan fingerprint density at radius 2 is 0.789 bits per heavy atom. The number of fused-ring (bicyclic) bond motifs is 12. The number of anilines is 6. The van der Waals surface area contributed by atoms with E-state index in [1.54, 1.807) is 0 Å². The molecule has 0 fully saturated rings. The third-order valence-corrected chi connectivity index (χ3v) is 15.6. The van der Waals surface area contributed by atoms with Gasteiger partial charge in [-0.25, -0.2) is 0 Å². The van der Waals surface area contributed by atoms with Crippen LogP contribution >= 0.6 is 11.3 Å². The van der Waals surface area contributed by atoms with Crippen LogP contribution in [0.25, 0.3) is 53.6 Å². The molecule has 0 unspecified atom stereocenters. The van der Waals surface area contributed by atoms with Crippen molar-refractivity contribution in [1.29, 1.82) is 0 Å². The molecule has 1 aliphatic carbocycles. The Balaban J connectivity index is 1.02. The minimum Gasteiger partial charge on any atom is -0.457 e. The molecule has 71 heavy (non-hydrogen) atoms. The molecule has 0 radical (unpaired) electrons. The van der Waals surface area contributed by atoms with Crippen LogP contribution in [-0.4, -0.2) is 0 Å². The van der Waals surface area contributed by atoms with Crippen molar-refractivity contribution in [1.82, 2.24) is 0 Å². The molecule has 11 aromatic carbocycles. The van der Waals surface area contributed by atoms with Crippen molar-refractivity contribution in [2.75, 3.05) is 9.80 Å². The maximum Gasteiger partial charge on any atom is 0.132 e. The summed E-state index contributed by atoms with van der Waals surface area (Å²) in [6, 6.07) is 97.2. The van der Waals surface area contributed by atoms with Gasteiger partial charge in [-0.15, -0.1) is 11.3 Å². The summed E-state index contributed by atoms with van der Waals surface area (Å²) >= 11 is 1.85. The molecular weight excluding hydrogens is 881 g/mol. The van der Waals surface area contributed by atoms with E-state index in [2.05, 4.69) is 277 Å². The van der Waals surface area contributed by atoms with Gasteiger partial charge in [-0.2, -0.15) is 0 Å². The van der Waals surface area contributed by atoms with E-state index in [9.17, 15) is 0 Å². The predicted octanol–water partition coefficient (Wildman–Crippen LogP) is 18.8. The highest BCUT2D eigenvalue weighted by Crippen LogP contribution is 2.63. The number of hydrogen-bond acceptors (Lipinski definition) is 4. The zero-order valence-corrected chi connectivity index (χ0v) is 39.4. The van der Waals surface area contributed by atoms with Gasteiger partial charge in [0.15, 0.2) is 0 Å². The van der Waals surface area contributed by atoms with Gasteiger partial charge in [0.05, 0.1) is 11.1 Å². The highest BCUT2D eigenvalue weighted by Gasteiger charge is 2.51. The van der Waals surface area contributed by atoms with Crippen molar-refractivity contribution in [3.8, 4) is 44.9 Å². The fourth-order valence-electron chi connectivity index (χ4n) is 11.4. The van der Waals surface area contributed by atoms with Crippen molar-refractivity contribution >= 4 is 65.6 Å². The average molecular weight is 925 g/mol. The second-order valence-corrected chi connectivity index (χ2v) is 19.5. The van der Waals surface area contributed by atoms with Gasteiger partial charge in [-0.1, -0.05) is 188 Å². The molecule has 1 spiro atoms. The van der Waals surface area contributed by atoms with Gasteiger partial charge in [-0.3, -0.25) is 0 Å². The molecule has 1 aliphatic heterocycles. The first kappa shape index (κ1) is 41.1. The lowest BCUT2D eigenvalue weighted by Gasteiger charge is -2.39. The fourth-order valence-corrected chi connectivity index (χ4v) is 12.6. The summed E-state index contributed by atoms with van der Waals surface area (Å²) in [5.41, 5.74) is 17.9. The van der Waals surface area contributed by atoms with Gasteiger partial charge in [0.25, 0.3) is 0 Å². The number of nitrogens with zero attached hydrogens (tertiary/aromatic N) is 2. The lowest BCUT2D eigenvalue weighted by atomic mass is 9.66. The normalized spacial score (nSPS) is 12.7. The zero-order valence-electron chi connectivity index (χ0n) is 38.6. The Bertz CT molecular complexity index is 3830. The summed E-state index contributed by atoms with van der Waals surface area (Å²) in [5, 5.41) is 2.45. The van der Waals surface area contributed by atoms with Crippen LogP contribution in [-0.2, 0) is 5.41 Å². The molecule has 0 atom stereocenters. The van der Waals surface area contributed by atoms with E-state index in [0.717, 1.165) is 56.8 Å². The number of hydrogen-bond donors (Lipinski definition) is 0. The number of rotatable bonds is 8. The fraction of sp³-hybridized carbons (Fsp3) is 0.0149. The van der Waals surface area contributed by atoms with E-state index < -0.39 is 5.41 Å². The standard InChI is InChI=1S/C67H44N2OS/c1-4-18-45(19-5-1)47-32-36-50(37-33-47)68(51-38-34-48(35-39-51)46-20-6-2-7-21-46)53-43-61(66-56-25-11-17-31-64(56)71-65(66)44-53)69(49-22-8-3-9-23-49)52-40-41-55-54-24-10-12-26-57(54)67(60(55)42-52)58-27-13-15-29-62(58)70-63-30-16-14-28-59(63)67/h1-44H. The van der Waals surface area contributed by atoms with Crippen molar-refractivity contribution in [2.45, 2.75) is 5.41 Å². The third kappa shape index (κ3) is 6.56. The first-order valence-corrected chi connectivity index (χ1v) is 25.1. The molecule has 2 heterocycles. The van der Waals surface area contributed by atoms with Gasteiger partial charge in [0.1, 0.15) is 11.5 Å². The Kier molecular flexibility index (Phi) is 9.61. The molecular formula is C67H44N2OS. The van der Waals surface area contributed by atoms with Crippen LogP contribution in [0.4, 0.5) is 34.1 Å². The van der Waals surface area contributed by atoms with Crippen molar-refractivity contribution < 1.29 is 4.74 Å². The molecule has 4 heteroatoms. The summed E-state index contributed by atoms with van der Waals surface area (Å²) < 4.78 is 9.20. The minimum absolute atomic E-state index is 0.614. The maximum absolute atomic E-state index is 6.74. The molecule has 3 nitrogen and oxygen atoms in total. The molecule has 14 rings (SSSR count). The summed E-state index contributed by atoms with van der Waals surface area (Å²) in [6.45, 7) is 0. The molecule has 12 aromatic rings. The van der Waals surface area contributed by atoms with E-state index in [1.807, 2.05) is 11.3 Å². The molecule has 0 saturated heterocycles. The zero-order chi connectivity index (χ0) is 46.9. The average Bonchev–Trinajstić information content (AvgIpc) is 3.96. The van der Waals surface area contributed by atoms with E-state index in [4.69, 9.17) is 4.74 Å².